The molecule has 0 amide bonds. The summed E-state index contributed by atoms with van der Waals surface area (Å²) in [4.78, 5) is 0. The number of aliphatic hydroxyl groups is 2. The van der Waals surface area contributed by atoms with Crippen LogP contribution in [0.25, 0.3) is 0 Å². The van der Waals surface area contributed by atoms with Crippen LogP contribution >= 0.6 is 0 Å². The Morgan fingerprint density at radius 1 is 0.857 bits per heavy atom. The van der Waals surface area contributed by atoms with Crippen molar-refractivity contribution >= 4 is 0 Å². The Hall–Kier alpha value is -1.58. The number of methoxy groups -OCH3 is 2. The molecule has 0 bridgehead atoms. The molecule has 0 aromatic heterocycles. The van der Waals surface area contributed by atoms with Gasteiger partial charge in [0.2, 0.25) is 0 Å². The number of fused-ring (bicyclic) bond motifs is 2. The highest BCUT2D eigenvalue weighted by molar-refractivity contribution is 5.42. The SMILES string of the molecule is CO/C(O)=C1\C/C(=C(/O)OC)[C@H]2CCCC2=C2CCC[C@H]21. The Balaban J connectivity index is 2.16. The molecule has 4 nitrogen and oxygen atoms in total. The van der Waals surface area contributed by atoms with E-state index in [9.17, 15) is 10.2 Å². The molecular formula is C17H24O4. The van der Waals surface area contributed by atoms with Crippen molar-refractivity contribution in [2.45, 2.75) is 44.9 Å². The first-order valence-electron chi connectivity index (χ1n) is 7.81. The van der Waals surface area contributed by atoms with Gasteiger partial charge in [-0.25, -0.2) is 0 Å². The predicted molar refractivity (Wildman–Crippen MR) is 79.7 cm³/mol. The number of hydrogen-bond donors (Lipinski definition) is 2. The van der Waals surface area contributed by atoms with Gasteiger partial charge < -0.3 is 19.7 Å². The zero-order valence-corrected chi connectivity index (χ0v) is 12.8. The second-order valence-corrected chi connectivity index (χ2v) is 6.19. The molecule has 0 saturated heterocycles. The molecule has 0 spiro atoms. The average molecular weight is 292 g/mol. The first kappa shape index (κ1) is 14.4. The van der Waals surface area contributed by atoms with Gasteiger partial charge in [-0.1, -0.05) is 11.1 Å². The molecule has 0 heterocycles. The van der Waals surface area contributed by atoms with E-state index >= 15 is 0 Å². The summed E-state index contributed by atoms with van der Waals surface area (Å²) in [5, 5.41) is 20.4. The maximum Gasteiger partial charge on any atom is 0.276 e. The van der Waals surface area contributed by atoms with Crippen LogP contribution < -0.4 is 0 Å². The van der Waals surface area contributed by atoms with Gasteiger partial charge >= 0.3 is 0 Å². The summed E-state index contributed by atoms with van der Waals surface area (Å²) in [6, 6.07) is 0. The standard InChI is InChI=1S/C17H24O4/c1-20-16(18)14-9-15(17(19)21-2)13-8-4-6-11(13)10-5-3-7-12(10)14/h12-13,18-19H,3-9H2,1-2H3/b16-14+,17-15+/t12-,13+. The molecule has 0 radical (unpaired) electrons. The van der Waals surface area contributed by atoms with Crippen molar-refractivity contribution in [2.24, 2.45) is 11.8 Å². The number of aliphatic hydroxyl groups excluding tert-OH is 2. The van der Waals surface area contributed by atoms with E-state index in [1.54, 1.807) is 0 Å². The van der Waals surface area contributed by atoms with E-state index in [0.29, 0.717) is 6.42 Å². The Morgan fingerprint density at radius 3 is 1.67 bits per heavy atom. The highest BCUT2D eigenvalue weighted by Crippen LogP contribution is 2.52. The van der Waals surface area contributed by atoms with E-state index in [1.807, 2.05) is 0 Å². The van der Waals surface area contributed by atoms with Crippen LogP contribution in [0.1, 0.15) is 44.9 Å². The summed E-state index contributed by atoms with van der Waals surface area (Å²) in [6.07, 6.45) is 7.24. The van der Waals surface area contributed by atoms with E-state index in [4.69, 9.17) is 9.47 Å². The van der Waals surface area contributed by atoms with Gasteiger partial charge in [-0.05, 0) is 38.5 Å². The summed E-state index contributed by atoms with van der Waals surface area (Å²) >= 11 is 0. The van der Waals surface area contributed by atoms with Crippen LogP contribution in [0.3, 0.4) is 0 Å². The van der Waals surface area contributed by atoms with Crippen molar-refractivity contribution in [3.05, 3.63) is 34.2 Å². The largest absolute Gasteiger partial charge is 0.481 e. The summed E-state index contributed by atoms with van der Waals surface area (Å²) in [5.74, 6) is 0.591. The lowest BCUT2D eigenvalue weighted by Gasteiger charge is -2.18. The van der Waals surface area contributed by atoms with E-state index in [0.717, 1.165) is 36.8 Å². The minimum atomic E-state index is 0.0152. The molecule has 2 atom stereocenters. The zero-order valence-electron chi connectivity index (χ0n) is 12.8. The third-order valence-corrected chi connectivity index (χ3v) is 5.29. The zero-order chi connectivity index (χ0) is 15.0. The Morgan fingerprint density at radius 2 is 1.29 bits per heavy atom. The van der Waals surface area contributed by atoms with Crippen LogP contribution in [-0.2, 0) is 9.47 Å². The molecule has 0 aliphatic heterocycles. The van der Waals surface area contributed by atoms with Crippen molar-refractivity contribution in [3.63, 3.8) is 0 Å². The lowest BCUT2D eigenvalue weighted by atomic mass is 9.90. The Bertz CT molecular complexity index is 481. The number of allylic oxidation sites excluding steroid dienone is 4. The van der Waals surface area contributed by atoms with Crippen LogP contribution in [0, 0.1) is 11.8 Å². The quantitative estimate of drug-likeness (QED) is 0.594. The molecule has 0 aromatic rings. The third-order valence-electron chi connectivity index (χ3n) is 5.29. The topological polar surface area (TPSA) is 58.9 Å². The number of hydrogen-bond acceptors (Lipinski definition) is 4. The van der Waals surface area contributed by atoms with E-state index in [1.165, 1.54) is 38.2 Å². The molecule has 3 aliphatic carbocycles. The minimum absolute atomic E-state index is 0.0152. The average Bonchev–Trinajstić information content (AvgIpc) is 3.13. The molecule has 116 valence electrons. The van der Waals surface area contributed by atoms with Gasteiger partial charge in [0.05, 0.1) is 14.2 Å². The van der Waals surface area contributed by atoms with Crippen LogP contribution in [0.5, 0.6) is 0 Å². The maximum absolute atomic E-state index is 10.2. The van der Waals surface area contributed by atoms with Gasteiger partial charge in [0.25, 0.3) is 11.9 Å². The van der Waals surface area contributed by atoms with Crippen molar-refractivity contribution in [1.82, 2.24) is 0 Å². The highest BCUT2D eigenvalue weighted by atomic mass is 16.6. The second kappa shape index (κ2) is 5.66. The summed E-state index contributed by atoms with van der Waals surface area (Å²) < 4.78 is 10.2. The molecular weight excluding hydrogens is 268 g/mol. The van der Waals surface area contributed by atoms with Gasteiger partial charge in [-0.15, -0.1) is 0 Å². The summed E-state index contributed by atoms with van der Waals surface area (Å²) in [6.45, 7) is 0. The van der Waals surface area contributed by atoms with Crippen LogP contribution in [0.2, 0.25) is 0 Å². The molecule has 4 heteroatoms. The van der Waals surface area contributed by atoms with Crippen molar-refractivity contribution in [2.75, 3.05) is 14.2 Å². The van der Waals surface area contributed by atoms with E-state index in [-0.39, 0.29) is 23.7 Å². The second-order valence-electron chi connectivity index (χ2n) is 6.19. The molecule has 2 fully saturated rings. The van der Waals surface area contributed by atoms with Gasteiger partial charge in [0, 0.05) is 29.4 Å². The first-order chi connectivity index (χ1) is 10.2. The van der Waals surface area contributed by atoms with Crippen molar-refractivity contribution in [3.8, 4) is 0 Å². The predicted octanol–water partition coefficient (Wildman–Crippen LogP) is 4.12. The fourth-order valence-electron chi connectivity index (χ4n) is 4.39. The first-order valence-corrected chi connectivity index (χ1v) is 7.81. The summed E-state index contributed by atoms with van der Waals surface area (Å²) in [5.41, 5.74) is 4.78. The number of ether oxygens (including phenoxy) is 2. The fraction of sp³-hybridized carbons (Fsp3) is 0.647. The molecule has 3 rings (SSSR count). The van der Waals surface area contributed by atoms with Gasteiger partial charge in [0.1, 0.15) is 0 Å². The van der Waals surface area contributed by atoms with Crippen LogP contribution in [0.15, 0.2) is 34.2 Å². The minimum Gasteiger partial charge on any atom is -0.481 e. The van der Waals surface area contributed by atoms with E-state index in [2.05, 4.69) is 0 Å². The fourth-order valence-corrected chi connectivity index (χ4v) is 4.39. The molecule has 2 N–H and O–H groups in total. The Kier molecular flexibility index (Phi) is 3.87. The van der Waals surface area contributed by atoms with Crippen molar-refractivity contribution in [1.29, 1.82) is 0 Å². The molecule has 0 aromatic carbocycles. The molecule has 0 unspecified atom stereocenters. The highest BCUT2D eigenvalue weighted by Gasteiger charge is 2.40. The van der Waals surface area contributed by atoms with Crippen LogP contribution in [0.4, 0.5) is 0 Å². The molecule has 21 heavy (non-hydrogen) atoms. The Labute approximate surface area is 125 Å². The monoisotopic (exact) mass is 292 g/mol. The van der Waals surface area contributed by atoms with E-state index < -0.39 is 0 Å². The molecule has 2 saturated carbocycles. The lowest BCUT2D eigenvalue weighted by Crippen LogP contribution is -2.08. The number of rotatable bonds is 2. The molecule has 3 aliphatic rings. The van der Waals surface area contributed by atoms with Crippen molar-refractivity contribution < 1.29 is 19.7 Å². The maximum atomic E-state index is 10.2. The van der Waals surface area contributed by atoms with Gasteiger partial charge in [-0.2, -0.15) is 0 Å². The van der Waals surface area contributed by atoms with Gasteiger partial charge in [-0.3, -0.25) is 0 Å². The normalized spacial score (nSPS) is 33.2. The van der Waals surface area contributed by atoms with Crippen LogP contribution in [-0.4, -0.2) is 24.4 Å². The van der Waals surface area contributed by atoms with Gasteiger partial charge in [0.15, 0.2) is 0 Å². The summed E-state index contributed by atoms with van der Waals surface area (Å²) in [7, 11) is 2.99. The lowest BCUT2D eigenvalue weighted by molar-refractivity contribution is 0.122. The smallest absolute Gasteiger partial charge is 0.276 e. The third kappa shape index (κ3) is 2.30.